The summed E-state index contributed by atoms with van der Waals surface area (Å²) in [5.74, 6) is 0. The number of pyridine rings is 2. The molecule has 0 spiro atoms. The van der Waals surface area contributed by atoms with Crippen molar-refractivity contribution >= 4 is 10.1 Å². The predicted molar refractivity (Wildman–Crippen MR) is 115 cm³/mol. The highest BCUT2D eigenvalue weighted by Crippen LogP contribution is 2.29. The first-order valence-corrected chi connectivity index (χ1v) is 11.8. The minimum Gasteiger partial charge on any atom is -0.320 e. The summed E-state index contributed by atoms with van der Waals surface area (Å²) in [6.07, 6.45) is 11.8. The zero-order chi connectivity index (χ0) is 21.1. The van der Waals surface area contributed by atoms with Crippen LogP contribution in [0.3, 0.4) is 0 Å². The van der Waals surface area contributed by atoms with Gasteiger partial charge in [0, 0.05) is 36.4 Å². The van der Waals surface area contributed by atoms with E-state index in [1.807, 2.05) is 31.6 Å². The van der Waals surface area contributed by atoms with Gasteiger partial charge in [0.1, 0.15) is 6.10 Å². The van der Waals surface area contributed by atoms with Crippen LogP contribution < -0.4 is 5.32 Å². The van der Waals surface area contributed by atoms with Crippen LogP contribution in [0.15, 0.2) is 49.1 Å². The highest BCUT2D eigenvalue weighted by molar-refractivity contribution is 7.86. The van der Waals surface area contributed by atoms with E-state index in [1.165, 1.54) is 24.9 Å². The molecule has 29 heavy (non-hydrogen) atoms. The van der Waals surface area contributed by atoms with Gasteiger partial charge in [-0.15, -0.1) is 0 Å². The van der Waals surface area contributed by atoms with Gasteiger partial charge in [-0.1, -0.05) is 12.1 Å². The molecule has 7 nitrogen and oxygen atoms in total. The third-order valence-corrected chi connectivity index (χ3v) is 5.41. The lowest BCUT2D eigenvalue weighted by atomic mass is 10.1. The Morgan fingerprint density at radius 3 is 2.48 bits per heavy atom. The molecule has 0 aliphatic carbocycles. The molecule has 0 amide bonds. The van der Waals surface area contributed by atoms with Crippen molar-refractivity contribution in [2.24, 2.45) is 0 Å². The molecule has 0 aromatic carbocycles. The normalized spacial score (nSPS) is 18.1. The first-order chi connectivity index (χ1) is 13.9. The molecule has 1 fully saturated rings. The van der Waals surface area contributed by atoms with Crippen LogP contribution in [-0.4, -0.2) is 56.7 Å². The van der Waals surface area contributed by atoms with Crippen LogP contribution in [0.25, 0.3) is 0 Å². The highest BCUT2D eigenvalue weighted by Gasteiger charge is 2.22. The number of nitrogens with zero attached hydrogens (tertiary/aromatic N) is 3. The Kier molecular flexibility index (Phi) is 9.66. The number of likely N-dealkylation sites (tertiary alicyclic amines) is 1. The molecule has 1 saturated heterocycles. The van der Waals surface area contributed by atoms with Gasteiger partial charge in [0.25, 0.3) is 10.1 Å². The third kappa shape index (κ3) is 8.57. The highest BCUT2D eigenvalue weighted by atomic mass is 32.2. The number of hydrogen-bond acceptors (Lipinski definition) is 7. The van der Waals surface area contributed by atoms with Crippen molar-refractivity contribution in [1.29, 1.82) is 0 Å². The van der Waals surface area contributed by atoms with Crippen LogP contribution in [0.1, 0.15) is 49.0 Å². The second-order valence-electron chi connectivity index (χ2n) is 7.25. The Bertz CT molecular complexity index is 803. The maximum atomic E-state index is 11.2. The summed E-state index contributed by atoms with van der Waals surface area (Å²) in [4.78, 5) is 10.5. The molecule has 8 heteroatoms. The van der Waals surface area contributed by atoms with E-state index in [9.17, 15) is 8.42 Å². The van der Waals surface area contributed by atoms with E-state index in [2.05, 4.69) is 33.3 Å². The van der Waals surface area contributed by atoms with Crippen LogP contribution >= 0.6 is 0 Å². The third-order valence-electron chi connectivity index (χ3n) is 4.83. The monoisotopic (exact) mass is 420 g/mol. The largest absolute Gasteiger partial charge is 0.320 e. The van der Waals surface area contributed by atoms with Gasteiger partial charge < -0.3 is 5.32 Å². The Morgan fingerprint density at radius 2 is 1.97 bits per heavy atom. The van der Waals surface area contributed by atoms with Crippen molar-refractivity contribution in [2.45, 2.75) is 37.8 Å². The quantitative estimate of drug-likeness (QED) is 0.519. The second kappa shape index (κ2) is 12.0. The topological polar surface area (TPSA) is 84.4 Å². The van der Waals surface area contributed by atoms with E-state index in [-0.39, 0.29) is 0 Å². The van der Waals surface area contributed by atoms with E-state index in [4.69, 9.17) is 4.18 Å². The van der Waals surface area contributed by atoms with Crippen LogP contribution in [0.2, 0.25) is 0 Å². The summed E-state index contributed by atoms with van der Waals surface area (Å²) in [5, 5.41) is 3.02. The van der Waals surface area contributed by atoms with Crippen LogP contribution in [0.5, 0.6) is 0 Å². The minimum absolute atomic E-state index is 0.452. The minimum atomic E-state index is -3.46. The van der Waals surface area contributed by atoms with Crippen molar-refractivity contribution < 1.29 is 12.6 Å². The maximum absolute atomic E-state index is 11.2. The van der Waals surface area contributed by atoms with Crippen molar-refractivity contribution in [1.82, 2.24) is 20.2 Å². The first kappa shape index (κ1) is 23.4. The molecule has 3 rings (SSSR count). The van der Waals surface area contributed by atoms with E-state index in [0.717, 1.165) is 24.8 Å². The molecule has 0 saturated carbocycles. The van der Waals surface area contributed by atoms with E-state index >= 15 is 0 Å². The van der Waals surface area contributed by atoms with Gasteiger partial charge in [-0.05, 0) is 70.6 Å². The van der Waals surface area contributed by atoms with Crippen LogP contribution in [0, 0.1) is 0 Å². The summed E-state index contributed by atoms with van der Waals surface area (Å²) in [7, 11) is 0.586. The molecule has 1 N–H and O–H groups in total. The molecule has 2 aromatic rings. The van der Waals surface area contributed by atoms with Crippen molar-refractivity contribution in [3.05, 3.63) is 60.2 Å². The average Bonchev–Trinajstić information content (AvgIpc) is 3.14. The lowest BCUT2D eigenvalue weighted by molar-refractivity contribution is 0.201. The molecule has 2 aromatic heterocycles. The molecule has 3 heterocycles. The van der Waals surface area contributed by atoms with Crippen molar-refractivity contribution in [3.8, 4) is 0 Å². The van der Waals surface area contributed by atoms with Gasteiger partial charge in [-0.3, -0.25) is 19.1 Å². The Hall–Kier alpha value is -1.87. The van der Waals surface area contributed by atoms with E-state index in [0.29, 0.717) is 12.5 Å². The summed E-state index contributed by atoms with van der Waals surface area (Å²) in [5.41, 5.74) is 2.14. The fourth-order valence-electron chi connectivity index (χ4n) is 3.42. The first-order valence-electron chi connectivity index (χ1n) is 9.93. The van der Waals surface area contributed by atoms with Gasteiger partial charge in [0.2, 0.25) is 0 Å². The van der Waals surface area contributed by atoms with Gasteiger partial charge in [0.05, 0.1) is 6.26 Å². The van der Waals surface area contributed by atoms with E-state index in [1.54, 1.807) is 18.5 Å². The lowest BCUT2D eigenvalue weighted by Crippen LogP contribution is -2.17. The summed E-state index contributed by atoms with van der Waals surface area (Å²) >= 11 is 0. The molecular formula is C21H32N4O3S. The zero-order valence-corrected chi connectivity index (χ0v) is 18.3. The fourth-order valence-corrected chi connectivity index (χ4v) is 4.05. The molecule has 0 radical (unpaired) electrons. The number of nitrogens with one attached hydrogen (secondary N) is 1. The van der Waals surface area contributed by atoms with Gasteiger partial charge in [0.15, 0.2) is 0 Å². The SMILES string of the molecule is CN1CCC[C@@H]1c1cccnc1.CNCCC[C@H](OS(C)(=O)=O)c1cccnc1. The second-order valence-corrected chi connectivity index (χ2v) is 8.85. The van der Waals surface area contributed by atoms with Crippen LogP contribution in [-0.2, 0) is 14.3 Å². The molecule has 160 valence electrons. The molecule has 0 bridgehead atoms. The lowest BCUT2D eigenvalue weighted by Gasteiger charge is -2.18. The Labute approximate surface area is 174 Å². The number of rotatable bonds is 8. The average molecular weight is 421 g/mol. The smallest absolute Gasteiger partial charge is 0.264 e. The van der Waals surface area contributed by atoms with Gasteiger partial charge in [-0.2, -0.15) is 8.42 Å². The Balaban J connectivity index is 0.000000218. The maximum Gasteiger partial charge on any atom is 0.264 e. The molecule has 1 aliphatic heterocycles. The number of aromatic nitrogens is 2. The predicted octanol–water partition coefficient (Wildman–Crippen LogP) is 2.95. The van der Waals surface area contributed by atoms with Crippen molar-refractivity contribution in [2.75, 3.05) is 33.4 Å². The van der Waals surface area contributed by atoms with E-state index < -0.39 is 16.2 Å². The number of hydrogen-bond donors (Lipinski definition) is 1. The zero-order valence-electron chi connectivity index (χ0n) is 17.5. The summed E-state index contributed by atoms with van der Waals surface area (Å²) in [6.45, 7) is 2.05. The summed E-state index contributed by atoms with van der Waals surface area (Å²) < 4.78 is 27.5. The molecule has 0 unspecified atom stereocenters. The molecule has 1 aliphatic rings. The molecular weight excluding hydrogens is 388 g/mol. The molecule has 2 atom stereocenters. The fraction of sp³-hybridized carbons (Fsp3) is 0.524. The van der Waals surface area contributed by atoms with Gasteiger partial charge in [-0.25, -0.2) is 0 Å². The Morgan fingerprint density at radius 1 is 1.24 bits per heavy atom. The van der Waals surface area contributed by atoms with Crippen LogP contribution in [0.4, 0.5) is 0 Å². The summed E-state index contributed by atoms with van der Waals surface area (Å²) in [6, 6.07) is 8.38. The van der Waals surface area contributed by atoms with Gasteiger partial charge >= 0.3 is 0 Å². The standard InChI is InChI=1S/C11H18N2O3S.C10H14N2/c1-12-7-4-6-11(16-17(2,14)15)10-5-3-8-13-9-10;1-12-7-3-5-10(12)9-4-2-6-11-8-9/h3,5,8-9,11-12H,4,6-7H2,1-2H3;2,4,6,8,10H,3,5,7H2,1H3/t11-;10-/m01/s1. The van der Waals surface area contributed by atoms with Crippen molar-refractivity contribution in [3.63, 3.8) is 0 Å².